The largest absolute Gasteiger partial charge is 0.380 e. The third kappa shape index (κ3) is 2.47. The highest BCUT2D eigenvalue weighted by atomic mass is 19.3. The smallest absolute Gasteiger partial charge is 0.263 e. The highest BCUT2D eigenvalue weighted by molar-refractivity contribution is 5.90. The number of fused-ring (bicyclic) bond motifs is 1. The number of hydrogen-bond donors (Lipinski definition) is 2. The van der Waals surface area contributed by atoms with Gasteiger partial charge in [-0.3, -0.25) is 5.10 Å². The van der Waals surface area contributed by atoms with Crippen LogP contribution in [0, 0.1) is 0 Å². The molecular weight excluding hydrogens is 260 g/mol. The van der Waals surface area contributed by atoms with E-state index in [9.17, 15) is 8.78 Å². The van der Waals surface area contributed by atoms with Gasteiger partial charge in [-0.2, -0.15) is 5.10 Å². The zero-order chi connectivity index (χ0) is 13.9. The molecular formula is C15H13F2N3. The van der Waals surface area contributed by atoms with Crippen molar-refractivity contribution < 1.29 is 8.78 Å². The Morgan fingerprint density at radius 1 is 1.10 bits per heavy atom. The van der Waals surface area contributed by atoms with Crippen molar-refractivity contribution in [2.45, 2.75) is 13.0 Å². The first-order chi connectivity index (χ1) is 9.74. The molecule has 3 nitrogen and oxygen atoms in total. The Balaban J connectivity index is 1.74. The molecule has 0 amide bonds. The van der Waals surface area contributed by atoms with Gasteiger partial charge in [0.25, 0.3) is 6.43 Å². The van der Waals surface area contributed by atoms with Crippen LogP contribution in [-0.4, -0.2) is 10.2 Å². The van der Waals surface area contributed by atoms with Gasteiger partial charge in [0.1, 0.15) is 0 Å². The van der Waals surface area contributed by atoms with Crippen LogP contribution in [0.4, 0.5) is 14.5 Å². The van der Waals surface area contributed by atoms with Crippen molar-refractivity contribution in [1.29, 1.82) is 0 Å². The quantitative estimate of drug-likeness (QED) is 0.751. The Morgan fingerprint density at radius 3 is 2.65 bits per heavy atom. The second-order valence-corrected chi connectivity index (χ2v) is 4.53. The SMILES string of the molecule is FC(F)c1ccc(CNc2cccc3[nH]ncc23)cc1. The van der Waals surface area contributed by atoms with Crippen molar-refractivity contribution in [2.75, 3.05) is 5.32 Å². The second kappa shape index (κ2) is 5.28. The van der Waals surface area contributed by atoms with Crippen molar-refractivity contribution in [3.8, 4) is 0 Å². The van der Waals surface area contributed by atoms with Crippen LogP contribution in [0.15, 0.2) is 48.7 Å². The van der Waals surface area contributed by atoms with Gasteiger partial charge in [-0.15, -0.1) is 0 Å². The zero-order valence-corrected chi connectivity index (χ0v) is 10.6. The van der Waals surface area contributed by atoms with E-state index in [1.807, 2.05) is 18.2 Å². The maximum absolute atomic E-state index is 12.5. The monoisotopic (exact) mass is 273 g/mol. The van der Waals surface area contributed by atoms with E-state index in [0.29, 0.717) is 6.54 Å². The van der Waals surface area contributed by atoms with Gasteiger partial charge in [-0.1, -0.05) is 30.3 Å². The van der Waals surface area contributed by atoms with Crippen LogP contribution in [0.3, 0.4) is 0 Å². The molecule has 0 saturated carbocycles. The summed E-state index contributed by atoms with van der Waals surface area (Å²) in [5.74, 6) is 0. The van der Waals surface area contributed by atoms with E-state index in [-0.39, 0.29) is 5.56 Å². The van der Waals surface area contributed by atoms with Gasteiger partial charge in [0, 0.05) is 23.2 Å². The Hall–Kier alpha value is -2.43. The molecule has 0 radical (unpaired) electrons. The van der Waals surface area contributed by atoms with Gasteiger partial charge >= 0.3 is 0 Å². The van der Waals surface area contributed by atoms with Gasteiger partial charge in [-0.25, -0.2) is 8.78 Å². The van der Waals surface area contributed by atoms with E-state index in [0.717, 1.165) is 22.2 Å². The summed E-state index contributed by atoms with van der Waals surface area (Å²) in [6.07, 6.45) is -0.658. The maximum atomic E-state index is 12.5. The predicted octanol–water partition coefficient (Wildman–Crippen LogP) is 4.11. The van der Waals surface area contributed by atoms with E-state index < -0.39 is 6.43 Å². The second-order valence-electron chi connectivity index (χ2n) is 4.53. The minimum absolute atomic E-state index is 0.0469. The van der Waals surface area contributed by atoms with E-state index in [1.54, 1.807) is 18.3 Å². The molecule has 0 aliphatic rings. The van der Waals surface area contributed by atoms with Crippen LogP contribution in [0.2, 0.25) is 0 Å². The summed E-state index contributed by atoms with van der Waals surface area (Å²) >= 11 is 0. The number of alkyl halides is 2. The van der Waals surface area contributed by atoms with Crippen molar-refractivity contribution in [3.63, 3.8) is 0 Å². The zero-order valence-electron chi connectivity index (χ0n) is 10.6. The number of aromatic amines is 1. The third-order valence-electron chi connectivity index (χ3n) is 3.20. The van der Waals surface area contributed by atoms with E-state index >= 15 is 0 Å². The van der Waals surface area contributed by atoms with Crippen LogP contribution in [-0.2, 0) is 6.54 Å². The first-order valence-electron chi connectivity index (χ1n) is 6.27. The first-order valence-corrected chi connectivity index (χ1v) is 6.27. The van der Waals surface area contributed by atoms with Crippen LogP contribution < -0.4 is 5.32 Å². The minimum atomic E-state index is -2.42. The van der Waals surface area contributed by atoms with Crippen molar-refractivity contribution in [2.24, 2.45) is 0 Å². The number of H-pyrrole nitrogens is 1. The van der Waals surface area contributed by atoms with Crippen LogP contribution in [0.25, 0.3) is 10.9 Å². The standard InChI is InChI=1S/C15H13F2N3/c16-15(17)11-6-4-10(5-7-11)8-18-13-2-1-3-14-12(13)9-19-20-14/h1-7,9,15,18H,8H2,(H,19,20). The lowest BCUT2D eigenvalue weighted by Crippen LogP contribution is -1.99. The van der Waals surface area contributed by atoms with E-state index in [4.69, 9.17) is 0 Å². The van der Waals surface area contributed by atoms with Crippen molar-refractivity contribution in [1.82, 2.24) is 10.2 Å². The molecule has 0 atom stereocenters. The van der Waals surface area contributed by atoms with Gasteiger partial charge in [-0.05, 0) is 17.7 Å². The van der Waals surface area contributed by atoms with E-state index in [2.05, 4.69) is 15.5 Å². The lowest BCUT2D eigenvalue weighted by atomic mass is 10.1. The van der Waals surface area contributed by atoms with Gasteiger partial charge in [0.15, 0.2) is 0 Å². The van der Waals surface area contributed by atoms with Crippen LogP contribution >= 0.6 is 0 Å². The number of anilines is 1. The highest BCUT2D eigenvalue weighted by Crippen LogP contribution is 2.22. The minimum Gasteiger partial charge on any atom is -0.380 e. The van der Waals surface area contributed by atoms with Gasteiger partial charge < -0.3 is 5.32 Å². The molecule has 102 valence electrons. The molecule has 0 bridgehead atoms. The lowest BCUT2D eigenvalue weighted by molar-refractivity contribution is 0.151. The normalized spacial score (nSPS) is 11.2. The lowest BCUT2D eigenvalue weighted by Gasteiger charge is -2.08. The molecule has 0 saturated heterocycles. The number of rotatable bonds is 4. The molecule has 20 heavy (non-hydrogen) atoms. The number of benzene rings is 2. The number of hydrogen-bond acceptors (Lipinski definition) is 2. The summed E-state index contributed by atoms with van der Waals surface area (Å²) in [6.45, 7) is 0.577. The highest BCUT2D eigenvalue weighted by Gasteiger charge is 2.06. The van der Waals surface area contributed by atoms with Gasteiger partial charge in [0.05, 0.1) is 11.7 Å². The molecule has 0 spiro atoms. The number of nitrogens with zero attached hydrogens (tertiary/aromatic N) is 1. The molecule has 3 aromatic rings. The Kier molecular flexibility index (Phi) is 3.33. The third-order valence-corrected chi connectivity index (χ3v) is 3.20. The summed E-state index contributed by atoms with van der Waals surface area (Å²) in [7, 11) is 0. The number of nitrogens with one attached hydrogen (secondary N) is 2. The summed E-state index contributed by atoms with van der Waals surface area (Å²) < 4.78 is 24.9. The fraction of sp³-hybridized carbons (Fsp3) is 0.133. The molecule has 2 aromatic carbocycles. The van der Waals surface area contributed by atoms with Crippen LogP contribution in [0.5, 0.6) is 0 Å². The predicted molar refractivity (Wildman–Crippen MR) is 74.8 cm³/mol. The first kappa shape index (κ1) is 12.6. The summed E-state index contributed by atoms with van der Waals surface area (Å²) in [4.78, 5) is 0. The molecule has 0 unspecified atom stereocenters. The number of aromatic nitrogens is 2. The van der Waals surface area contributed by atoms with Crippen molar-refractivity contribution >= 4 is 16.6 Å². The van der Waals surface area contributed by atoms with Gasteiger partial charge in [0.2, 0.25) is 0 Å². The van der Waals surface area contributed by atoms with Crippen molar-refractivity contribution in [3.05, 3.63) is 59.8 Å². The number of halogens is 2. The molecule has 0 aliphatic heterocycles. The Bertz CT molecular complexity index is 704. The Labute approximate surface area is 114 Å². The molecule has 0 aliphatic carbocycles. The molecule has 2 N–H and O–H groups in total. The topological polar surface area (TPSA) is 40.7 Å². The summed E-state index contributed by atoms with van der Waals surface area (Å²) in [5.41, 5.74) is 2.93. The van der Waals surface area contributed by atoms with Crippen LogP contribution in [0.1, 0.15) is 17.6 Å². The molecule has 1 heterocycles. The fourth-order valence-electron chi connectivity index (χ4n) is 2.10. The summed E-state index contributed by atoms with van der Waals surface area (Å²) in [5, 5.41) is 11.2. The average Bonchev–Trinajstić information content (AvgIpc) is 2.94. The van der Waals surface area contributed by atoms with E-state index in [1.165, 1.54) is 12.1 Å². The Morgan fingerprint density at radius 2 is 1.90 bits per heavy atom. The maximum Gasteiger partial charge on any atom is 0.263 e. The fourth-order valence-corrected chi connectivity index (χ4v) is 2.10. The molecule has 1 aromatic heterocycles. The average molecular weight is 273 g/mol. The summed E-state index contributed by atoms with van der Waals surface area (Å²) in [6, 6.07) is 12.2. The molecule has 5 heteroatoms. The molecule has 3 rings (SSSR count). The molecule has 0 fully saturated rings.